The van der Waals surface area contributed by atoms with Crippen molar-refractivity contribution in [2.75, 3.05) is 18.6 Å². The lowest BCUT2D eigenvalue weighted by molar-refractivity contribution is 1.01. The van der Waals surface area contributed by atoms with E-state index in [1.54, 1.807) is 11.8 Å². The molecule has 2 rings (SSSR count). The molecule has 0 bridgehead atoms. The second-order valence-corrected chi connectivity index (χ2v) is 3.60. The quantitative estimate of drug-likeness (QED) is 0.603. The zero-order valence-corrected chi connectivity index (χ0v) is 8.93. The maximum Gasteiger partial charge on any atom is 0.189 e. The van der Waals surface area contributed by atoms with Crippen LogP contribution in [0.4, 0.5) is 5.82 Å². The number of rotatable bonds is 2. The molecule has 0 fully saturated rings. The van der Waals surface area contributed by atoms with Gasteiger partial charge in [0.15, 0.2) is 5.16 Å². The van der Waals surface area contributed by atoms with Crippen LogP contribution in [0, 0.1) is 0 Å². The summed E-state index contributed by atoms with van der Waals surface area (Å²) in [4.78, 5) is 8.79. The van der Waals surface area contributed by atoms with Gasteiger partial charge in [-0.1, -0.05) is 23.9 Å². The Labute approximate surface area is 87.0 Å². The molecule has 14 heavy (non-hydrogen) atoms. The molecule has 0 saturated heterocycles. The average molecular weight is 205 g/mol. The molecule has 4 heteroatoms. The number of hydrogen-bond acceptors (Lipinski definition) is 4. The number of anilines is 1. The lowest BCUT2D eigenvalue weighted by Gasteiger charge is -2.05. The van der Waals surface area contributed by atoms with Crippen molar-refractivity contribution in [2.24, 2.45) is 0 Å². The highest BCUT2D eigenvalue weighted by molar-refractivity contribution is 7.98. The van der Waals surface area contributed by atoms with Crippen LogP contribution < -0.4 is 5.32 Å². The molecule has 1 N–H and O–H groups in total. The molecule has 0 saturated carbocycles. The van der Waals surface area contributed by atoms with Crippen molar-refractivity contribution in [3.05, 3.63) is 24.3 Å². The van der Waals surface area contributed by atoms with Crippen molar-refractivity contribution < 1.29 is 0 Å². The molecule has 72 valence electrons. The molecule has 0 aliphatic carbocycles. The van der Waals surface area contributed by atoms with E-state index in [0.29, 0.717) is 0 Å². The van der Waals surface area contributed by atoms with Crippen LogP contribution in [0.2, 0.25) is 0 Å². The summed E-state index contributed by atoms with van der Waals surface area (Å²) < 4.78 is 0. The fraction of sp³-hybridized carbons (Fsp3) is 0.200. The van der Waals surface area contributed by atoms with Crippen molar-refractivity contribution in [1.29, 1.82) is 0 Å². The van der Waals surface area contributed by atoms with E-state index in [1.165, 1.54) is 0 Å². The normalized spacial score (nSPS) is 10.4. The molecule has 0 amide bonds. The summed E-state index contributed by atoms with van der Waals surface area (Å²) in [6.07, 6.45) is 1.98. The molecular weight excluding hydrogens is 194 g/mol. The summed E-state index contributed by atoms with van der Waals surface area (Å²) in [6.45, 7) is 0. The van der Waals surface area contributed by atoms with Crippen LogP contribution in [0.3, 0.4) is 0 Å². The second kappa shape index (κ2) is 3.84. The van der Waals surface area contributed by atoms with E-state index in [1.807, 2.05) is 37.6 Å². The molecular formula is C10H11N3S. The average Bonchev–Trinajstić information content (AvgIpc) is 2.27. The van der Waals surface area contributed by atoms with Gasteiger partial charge in [-0.05, 0) is 18.4 Å². The van der Waals surface area contributed by atoms with Crippen LogP contribution in [0.25, 0.3) is 10.9 Å². The number of hydrogen-bond donors (Lipinski definition) is 1. The Morgan fingerprint density at radius 3 is 2.71 bits per heavy atom. The van der Waals surface area contributed by atoms with E-state index in [4.69, 9.17) is 0 Å². The number of nitrogens with one attached hydrogen (secondary N) is 1. The molecule has 0 unspecified atom stereocenters. The minimum Gasteiger partial charge on any atom is -0.372 e. The fourth-order valence-corrected chi connectivity index (χ4v) is 1.71. The number of para-hydroxylation sites is 1. The highest BCUT2D eigenvalue weighted by Gasteiger charge is 2.04. The van der Waals surface area contributed by atoms with Crippen molar-refractivity contribution in [1.82, 2.24) is 9.97 Å². The molecule has 0 spiro atoms. The smallest absolute Gasteiger partial charge is 0.189 e. The Morgan fingerprint density at radius 2 is 2.00 bits per heavy atom. The maximum atomic E-state index is 4.41. The first-order valence-electron chi connectivity index (χ1n) is 4.33. The van der Waals surface area contributed by atoms with Crippen LogP contribution in [-0.4, -0.2) is 23.3 Å². The van der Waals surface area contributed by atoms with Gasteiger partial charge in [-0.2, -0.15) is 0 Å². The maximum absolute atomic E-state index is 4.41. The van der Waals surface area contributed by atoms with Crippen molar-refractivity contribution in [2.45, 2.75) is 5.16 Å². The molecule has 0 aliphatic rings. The van der Waals surface area contributed by atoms with Gasteiger partial charge >= 0.3 is 0 Å². The summed E-state index contributed by atoms with van der Waals surface area (Å²) in [7, 11) is 1.87. The Balaban J connectivity index is 2.73. The van der Waals surface area contributed by atoms with Crippen molar-refractivity contribution >= 4 is 28.5 Å². The molecule has 1 aromatic carbocycles. The first-order chi connectivity index (χ1) is 6.85. The third kappa shape index (κ3) is 1.53. The second-order valence-electron chi connectivity index (χ2n) is 2.83. The van der Waals surface area contributed by atoms with Gasteiger partial charge in [0, 0.05) is 12.4 Å². The van der Waals surface area contributed by atoms with E-state index in [0.717, 1.165) is 21.9 Å². The predicted molar refractivity (Wildman–Crippen MR) is 60.9 cm³/mol. The van der Waals surface area contributed by atoms with Gasteiger partial charge in [-0.3, -0.25) is 0 Å². The molecule has 1 aromatic heterocycles. The van der Waals surface area contributed by atoms with Gasteiger partial charge in [0.05, 0.1) is 5.52 Å². The molecule has 1 heterocycles. The lowest BCUT2D eigenvalue weighted by Crippen LogP contribution is -1.97. The monoisotopic (exact) mass is 205 g/mol. The van der Waals surface area contributed by atoms with Crippen molar-refractivity contribution in [3.63, 3.8) is 0 Å². The Hall–Kier alpha value is -1.29. The first kappa shape index (κ1) is 9.27. The van der Waals surface area contributed by atoms with E-state index in [2.05, 4.69) is 15.3 Å². The van der Waals surface area contributed by atoms with E-state index < -0.39 is 0 Å². The fourth-order valence-electron chi connectivity index (χ4n) is 1.34. The van der Waals surface area contributed by atoms with Gasteiger partial charge < -0.3 is 5.32 Å². The third-order valence-corrected chi connectivity index (χ3v) is 2.55. The van der Waals surface area contributed by atoms with E-state index >= 15 is 0 Å². The van der Waals surface area contributed by atoms with Gasteiger partial charge in [0.2, 0.25) is 0 Å². The predicted octanol–water partition coefficient (Wildman–Crippen LogP) is 2.39. The Morgan fingerprint density at radius 1 is 1.21 bits per heavy atom. The summed E-state index contributed by atoms with van der Waals surface area (Å²) in [5.74, 6) is 0.889. The lowest BCUT2D eigenvalue weighted by atomic mass is 10.2. The minimum atomic E-state index is 0.799. The van der Waals surface area contributed by atoms with E-state index in [-0.39, 0.29) is 0 Å². The third-order valence-electron chi connectivity index (χ3n) is 2.00. The highest BCUT2D eigenvalue weighted by atomic mass is 32.2. The standard InChI is InChI=1S/C10H11N3S/c1-11-9-7-5-3-4-6-8(7)12-10(13-9)14-2/h3-6H,1-2H3,(H,11,12,13). The van der Waals surface area contributed by atoms with Crippen LogP contribution in [0.5, 0.6) is 0 Å². The van der Waals surface area contributed by atoms with Crippen molar-refractivity contribution in [3.8, 4) is 0 Å². The topological polar surface area (TPSA) is 37.8 Å². The number of thioether (sulfide) groups is 1. The number of benzene rings is 1. The summed E-state index contributed by atoms with van der Waals surface area (Å²) in [6, 6.07) is 7.99. The SMILES string of the molecule is CNc1nc(SC)nc2ccccc12. The summed E-state index contributed by atoms with van der Waals surface area (Å²) >= 11 is 1.55. The molecule has 0 aliphatic heterocycles. The molecule has 0 atom stereocenters. The molecule has 3 nitrogen and oxygen atoms in total. The van der Waals surface area contributed by atoms with Crippen LogP contribution in [-0.2, 0) is 0 Å². The van der Waals surface area contributed by atoms with Crippen LogP contribution in [0.1, 0.15) is 0 Å². The van der Waals surface area contributed by atoms with Gasteiger partial charge in [-0.15, -0.1) is 0 Å². The van der Waals surface area contributed by atoms with E-state index in [9.17, 15) is 0 Å². The molecule has 2 aromatic rings. The highest BCUT2D eigenvalue weighted by Crippen LogP contribution is 2.22. The number of fused-ring (bicyclic) bond motifs is 1. The number of aromatic nitrogens is 2. The Bertz CT molecular complexity index is 456. The molecule has 0 radical (unpaired) electrons. The largest absolute Gasteiger partial charge is 0.372 e. The van der Waals surface area contributed by atoms with Gasteiger partial charge in [-0.25, -0.2) is 9.97 Å². The number of nitrogens with zero attached hydrogens (tertiary/aromatic N) is 2. The van der Waals surface area contributed by atoms with Crippen LogP contribution in [0.15, 0.2) is 29.4 Å². The first-order valence-corrected chi connectivity index (χ1v) is 5.56. The minimum absolute atomic E-state index is 0.799. The van der Waals surface area contributed by atoms with Crippen LogP contribution >= 0.6 is 11.8 Å². The zero-order chi connectivity index (χ0) is 9.97. The van der Waals surface area contributed by atoms with Gasteiger partial charge in [0.25, 0.3) is 0 Å². The summed E-state index contributed by atoms with van der Waals surface area (Å²) in [5, 5.41) is 4.94. The zero-order valence-electron chi connectivity index (χ0n) is 8.11. The summed E-state index contributed by atoms with van der Waals surface area (Å²) in [5.41, 5.74) is 0.983. The Kier molecular flexibility index (Phi) is 2.54. The van der Waals surface area contributed by atoms with Gasteiger partial charge in [0.1, 0.15) is 5.82 Å².